The number of anilines is 1. The summed E-state index contributed by atoms with van der Waals surface area (Å²) in [4.78, 5) is 13.0. The van der Waals surface area contributed by atoms with Gasteiger partial charge in [0.25, 0.3) is 0 Å². The maximum Gasteiger partial charge on any atom is 0.307 e. The number of hydrogen-bond acceptors (Lipinski definition) is 5. The van der Waals surface area contributed by atoms with E-state index in [0.717, 1.165) is 0 Å². The molecule has 0 spiro atoms. The van der Waals surface area contributed by atoms with Crippen molar-refractivity contribution < 1.29 is 26.6 Å². The third-order valence-electron chi connectivity index (χ3n) is 3.19. The van der Waals surface area contributed by atoms with E-state index in [1.165, 1.54) is 4.90 Å². The summed E-state index contributed by atoms with van der Waals surface area (Å²) in [6.45, 7) is 0.699. The molecule has 1 fully saturated rings. The standard InChI is InChI=1S/C13H16FNO5S/c1-19-6-7-20-11-4-2-10(3-5-11)15-9-12(8-13(15)16)21(14,17)18/h2-5,12H,6-9H2,1H3. The summed E-state index contributed by atoms with van der Waals surface area (Å²) in [6, 6.07) is 6.59. The Morgan fingerprint density at radius 3 is 2.48 bits per heavy atom. The van der Waals surface area contributed by atoms with Crippen molar-refractivity contribution in [1.29, 1.82) is 0 Å². The molecular formula is C13H16FNO5S. The first-order chi connectivity index (χ1) is 9.91. The fraction of sp³-hybridized carbons (Fsp3) is 0.462. The average Bonchev–Trinajstić information content (AvgIpc) is 2.82. The van der Waals surface area contributed by atoms with E-state index in [0.29, 0.717) is 24.7 Å². The topological polar surface area (TPSA) is 72.9 Å². The molecule has 0 aromatic heterocycles. The van der Waals surface area contributed by atoms with Crippen molar-refractivity contribution >= 4 is 21.8 Å². The molecule has 1 amide bonds. The zero-order valence-electron chi connectivity index (χ0n) is 11.5. The monoisotopic (exact) mass is 317 g/mol. The van der Waals surface area contributed by atoms with E-state index in [2.05, 4.69) is 0 Å². The number of rotatable bonds is 6. The van der Waals surface area contributed by atoms with Gasteiger partial charge in [0.15, 0.2) is 0 Å². The summed E-state index contributed by atoms with van der Waals surface area (Å²) < 4.78 is 45.0. The Morgan fingerprint density at radius 2 is 1.95 bits per heavy atom. The van der Waals surface area contributed by atoms with Gasteiger partial charge in [0.1, 0.15) is 17.6 Å². The van der Waals surface area contributed by atoms with Crippen LogP contribution in [-0.4, -0.2) is 46.4 Å². The van der Waals surface area contributed by atoms with Crippen molar-refractivity contribution in [3.8, 4) is 5.75 Å². The molecule has 6 nitrogen and oxygen atoms in total. The van der Waals surface area contributed by atoms with Gasteiger partial charge in [-0.15, -0.1) is 3.89 Å². The number of carbonyl (C=O) groups is 1. The Kier molecular flexibility index (Phi) is 4.79. The minimum absolute atomic E-state index is 0.165. The molecule has 21 heavy (non-hydrogen) atoms. The molecule has 1 unspecified atom stereocenters. The number of ether oxygens (including phenoxy) is 2. The minimum Gasteiger partial charge on any atom is -0.491 e. The Bertz CT molecular complexity index is 601. The van der Waals surface area contributed by atoms with Gasteiger partial charge in [0, 0.05) is 25.8 Å². The van der Waals surface area contributed by atoms with Crippen LogP contribution in [0.5, 0.6) is 5.75 Å². The fourth-order valence-electron chi connectivity index (χ4n) is 2.08. The lowest BCUT2D eigenvalue weighted by atomic mass is 10.3. The molecule has 0 saturated carbocycles. The normalized spacial score (nSPS) is 19.0. The molecule has 0 N–H and O–H groups in total. The molecule has 1 aliphatic heterocycles. The van der Waals surface area contributed by atoms with Crippen LogP contribution >= 0.6 is 0 Å². The highest BCUT2D eigenvalue weighted by molar-refractivity contribution is 7.87. The Morgan fingerprint density at radius 1 is 1.29 bits per heavy atom. The highest BCUT2D eigenvalue weighted by atomic mass is 32.3. The second kappa shape index (κ2) is 6.40. The zero-order valence-corrected chi connectivity index (χ0v) is 12.3. The predicted octanol–water partition coefficient (Wildman–Crippen LogP) is 1.12. The highest BCUT2D eigenvalue weighted by Crippen LogP contribution is 2.27. The molecule has 2 rings (SSSR count). The fourth-order valence-corrected chi connectivity index (χ4v) is 2.75. The SMILES string of the molecule is COCCOc1ccc(N2CC(S(=O)(=O)F)CC2=O)cc1. The van der Waals surface area contributed by atoms with E-state index < -0.39 is 21.4 Å². The molecule has 1 aromatic carbocycles. The molecule has 1 aromatic rings. The van der Waals surface area contributed by atoms with E-state index in [9.17, 15) is 17.1 Å². The number of carbonyl (C=O) groups excluding carboxylic acids is 1. The largest absolute Gasteiger partial charge is 0.491 e. The first-order valence-corrected chi connectivity index (χ1v) is 7.82. The smallest absolute Gasteiger partial charge is 0.307 e. The molecule has 1 saturated heterocycles. The van der Waals surface area contributed by atoms with Crippen LogP contribution < -0.4 is 9.64 Å². The van der Waals surface area contributed by atoms with Crippen molar-refractivity contribution in [2.24, 2.45) is 0 Å². The molecule has 1 heterocycles. The molecule has 0 bridgehead atoms. The number of nitrogens with zero attached hydrogens (tertiary/aromatic N) is 1. The second-order valence-electron chi connectivity index (χ2n) is 4.64. The maximum atomic E-state index is 13.0. The van der Waals surface area contributed by atoms with Gasteiger partial charge < -0.3 is 14.4 Å². The van der Waals surface area contributed by atoms with Gasteiger partial charge >= 0.3 is 10.2 Å². The third-order valence-corrected chi connectivity index (χ3v) is 4.30. The molecule has 1 atom stereocenters. The third kappa shape index (κ3) is 3.92. The zero-order chi connectivity index (χ0) is 15.5. The van der Waals surface area contributed by atoms with E-state index in [1.807, 2.05) is 0 Å². The van der Waals surface area contributed by atoms with Crippen LogP contribution in [0.4, 0.5) is 9.57 Å². The van der Waals surface area contributed by atoms with Gasteiger partial charge in [-0.1, -0.05) is 0 Å². The van der Waals surface area contributed by atoms with Crippen LogP contribution in [0.3, 0.4) is 0 Å². The van der Waals surface area contributed by atoms with Crippen molar-refractivity contribution in [1.82, 2.24) is 0 Å². The summed E-state index contributed by atoms with van der Waals surface area (Å²) in [7, 11) is -3.13. The van der Waals surface area contributed by atoms with Gasteiger partial charge in [0.2, 0.25) is 5.91 Å². The van der Waals surface area contributed by atoms with E-state index in [1.54, 1.807) is 31.4 Å². The molecule has 8 heteroatoms. The van der Waals surface area contributed by atoms with Crippen molar-refractivity contribution in [2.45, 2.75) is 11.7 Å². The summed E-state index contributed by atoms with van der Waals surface area (Å²) in [6.07, 6.45) is -0.328. The van der Waals surface area contributed by atoms with Gasteiger partial charge in [-0.25, -0.2) is 0 Å². The quantitative estimate of drug-likeness (QED) is 0.580. The lowest BCUT2D eigenvalue weighted by Crippen LogP contribution is -2.26. The molecule has 0 aliphatic carbocycles. The van der Waals surface area contributed by atoms with Crippen LogP contribution in [0.1, 0.15) is 6.42 Å². The summed E-state index contributed by atoms with van der Waals surface area (Å²) in [5, 5.41) is -1.29. The molecular weight excluding hydrogens is 301 g/mol. The number of halogens is 1. The first kappa shape index (κ1) is 15.7. The van der Waals surface area contributed by atoms with Crippen LogP contribution in [-0.2, 0) is 19.8 Å². The summed E-state index contributed by atoms with van der Waals surface area (Å²) in [5.74, 6) is 0.200. The van der Waals surface area contributed by atoms with Gasteiger partial charge in [0.05, 0.1) is 6.61 Å². The van der Waals surface area contributed by atoms with Gasteiger partial charge in [-0.3, -0.25) is 4.79 Å². The van der Waals surface area contributed by atoms with Gasteiger partial charge in [-0.05, 0) is 24.3 Å². The lowest BCUT2D eigenvalue weighted by molar-refractivity contribution is -0.117. The Balaban J connectivity index is 2.04. The van der Waals surface area contributed by atoms with Crippen molar-refractivity contribution in [3.63, 3.8) is 0 Å². The van der Waals surface area contributed by atoms with E-state index in [4.69, 9.17) is 9.47 Å². The van der Waals surface area contributed by atoms with Crippen LogP contribution in [0, 0.1) is 0 Å². The Hall–Kier alpha value is -1.67. The van der Waals surface area contributed by atoms with E-state index >= 15 is 0 Å². The minimum atomic E-state index is -4.70. The first-order valence-electron chi connectivity index (χ1n) is 6.37. The second-order valence-corrected chi connectivity index (χ2v) is 6.26. The number of methoxy groups -OCH3 is 1. The highest BCUT2D eigenvalue weighted by Gasteiger charge is 2.38. The lowest BCUT2D eigenvalue weighted by Gasteiger charge is -2.16. The van der Waals surface area contributed by atoms with Crippen LogP contribution in [0.25, 0.3) is 0 Å². The van der Waals surface area contributed by atoms with Crippen molar-refractivity contribution in [2.75, 3.05) is 31.8 Å². The van der Waals surface area contributed by atoms with Crippen LogP contribution in [0.2, 0.25) is 0 Å². The Labute approximate surface area is 122 Å². The molecule has 1 aliphatic rings. The number of amides is 1. The van der Waals surface area contributed by atoms with Gasteiger partial charge in [-0.2, -0.15) is 8.42 Å². The summed E-state index contributed by atoms with van der Waals surface area (Å²) in [5.41, 5.74) is 0.519. The van der Waals surface area contributed by atoms with Crippen LogP contribution in [0.15, 0.2) is 24.3 Å². The molecule has 116 valence electrons. The molecule has 0 radical (unpaired) electrons. The van der Waals surface area contributed by atoms with E-state index in [-0.39, 0.29) is 13.0 Å². The number of hydrogen-bond donors (Lipinski definition) is 0. The number of benzene rings is 1. The maximum absolute atomic E-state index is 13.0. The predicted molar refractivity (Wildman–Crippen MR) is 74.6 cm³/mol. The van der Waals surface area contributed by atoms with Crippen molar-refractivity contribution in [3.05, 3.63) is 24.3 Å². The summed E-state index contributed by atoms with van der Waals surface area (Å²) >= 11 is 0. The average molecular weight is 317 g/mol.